The third-order valence-corrected chi connectivity index (χ3v) is 3.52. The van der Waals surface area contributed by atoms with Crippen molar-refractivity contribution in [1.82, 2.24) is 4.90 Å². The van der Waals surface area contributed by atoms with Gasteiger partial charge in [-0.2, -0.15) is 0 Å². The molecule has 0 saturated carbocycles. The lowest BCUT2D eigenvalue weighted by Crippen LogP contribution is -2.40. The highest BCUT2D eigenvalue weighted by molar-refractivity contribution is 7.80. The fourth-order valence-electron chi connectivity index (χ4n) is 1.93. The van der Waals surface area contributed by atoms with E-state index >= 15 is 0 Å². The van der Waals surface area contributed by atoms with Crippen LogP contribution in [-0.4, -0.2) is 43.3 Å². The lowest BCUT2D eigenvalue weighted by molar-refractivity contribution is 0.0693. The third-order valence-electron chi connectivity index (χ3n) is 3.06. The fourth-order valence-corrected chi connectivity index (χ4v) is 2.22. The van der Waals surface area contributed by atoms with E-state index in [1.165, 1.54) is 0 Å². The number of hydrogen-bond donors (Lipinski definition) is 0. The maximum Gasteiger partial charge on any atom is 0.221 e. The van der Waals surface area contributed by atoms with Crippen LogP contribution in [0.4, 0.5) is 0 Å². The van der Waals surface area contributed by atoms with Crippen molar-refractivity contribution in [2.45, 2.75) is 0 Å². The molecule has 0 atom stereocenters. The number of benzene rings is 1. The molecule has 0 spiro atoms. The van der Waals surface area contributed by atoms with E-state index in [0.717, 1.165) is 24.4 Å². The second-order valence-corrected chi connectivity index (χ2v) is 4.71. The summed E-state index contributed by atoms with van der Waals surface area (Å²) in [7, 11) is 1.63. The minimum absolute atomic E-state index is 0.493. The Morgan fingerprint density at radius 3 is 2.55 bits per heavy atom. The van der Waals surface area contributed by atoms with Gasteiger partial charge in [0.25, 0.3) is 0 Å². The van der Waals surface area contributed by atoms with Crippen LogP contribution in [0, 0.1) is 6.57 Å². The molecule has 5 heteroatoms. The van der Waals surface area contributed by atoms with E-state index in [4.69, 9.17) is 28.3 Å². The molecule has 0 amide bonds. The molecular formula is C15H16N2O2S. The lowest BCUT2D eigenvalue weighted by atomic mass is 10.2. The van der Waals surface area contributed by atoms with Gasteiger partial charge in [-0.15, -0.1) is 0 Å². The Morgan fingerprint density at radius 2 is 2.00 bits per heavy atom. The van der Waals surface area contributed by atoms with Crippen molar-refractivity contribution in [2.24, 2.45) is 0 Å². The zero-order chi connectivity index (χ0) is 14.4. The van der Waals surface area contributed by atoms with Crippen molar-refractivity contribution in [3.63, 3.8) is 0 Å². The quantitative estimate of drug-likeness (QED) is 0.485. The molecule has 0 radical (unpaired) electrons. The monoisotopic (exact) mass is 288 g/mol. The average molecular weight is 288 g/mol. The Kier molecular flexibility index (Phi) is 5.10. The van der Waals surface area contributed by atoms with E-state index in [2.05, 4.69) is 4.85 Å². The van der Waals surface area contributed by atoms with Crippen LogP contribution in [0.1, 0.15) is 5.56 Å². The zero-order valence-corrected chi connectivity index (χ0v) is 12.2. The van der Waals surface area contributed by atoms with Gasteiger partial charge in [0.05, 0.1) is 26.9 Å². The van der Waals surface area contributed by atoms with Crippen molar-refractivity contribution in [3.05, 3.63) is 46.9 Å². The topological polar surface area (TPSA) is 26.1 Å². The van der Waals surface area contributed by atoms with Gasteiger partial charge in [-0.3, -0.25) is 0 Å². The molecule has 1 aromatic rings. The van der Waals surface area contributed by atoms with Crippen molar-refractivity contribution in [1.29, 1.82) is 0 Å². The fraction of sp³-hybridized carbons (Fsp3) is 0.333. The van der Waals surface area contributed by atoms with Crippen LogP contribution in [0.3, 0.4) is 0 Å². The molecule has 0 N–H and O–H groups in total. The number of rotatable bonds is 3. The van der Waals surface area contributed by atoms with E-state index < -0.39 is 0 Å². The molecule has 104 valence electrons. The molecule has 1 heterocycles. The largest absolute Gasteiger partial charge is 0.497 e. The van der Waals surface area contributed by atoms with E-state index in [-0.39, 0.29) is 0 Å². The van der Waals surface area contributed by atoms with Crippen LogP contribution in [0.2, 0.25) is 0 Å². The molecule has 20 heavy (non-hydrogen) atoms. The number of methoxy groups -OCH3 is 1. The highest BCUT2D eigenvalue weighted by Gasteiger charge is 2.17. The summed E-state index contributed by atoms with van der Waals surface area (Å²) in [5.74, 6) is 0.794. The van der Waals surface area contributed by atoms with E-state index in [9.17, 15) is 0 Å². The molecule has 2 rings (SSSR count). The standard InChI is InChI=1S/C15H16N2O2S/c1-16-14(15(20)17-7-9-19-10-8-17)11-12-3-5-13(18-2)6-4-12/h3-6,11H,7-10H2,2H3. The van der Waals surface area contributed by atoms with Gasteiger partial charge >= 0.3 is 0 Å². The summed E-state index contributed by atoms with van der Waals surface area (Å²) in [6, 6.07) is 7.55. The van der Waals surface area contributed by atoms with Gasteiger partial charge in [0, 0.05) is 13.1 Å². The summed E-state index contributed by atoms with van der Waals surface area (Å²) in [6.45, 7) is 10.1. The average Bonchev–Trinajstić information content (AvgIpc) is 2.53. The van der Waals surface area contributed by atoms with E-state index in [1.54, 1.807) is 7.11 Å². The second-order valence-electron chi connectivity index (χ2n) is 4.32. The van der Waals surface area contributed by atoms with Gasteiger partial charge in [0.1, 0.15) is 10.7 Å². The highest BCUT2D eigenvalue weighted by atomic mass is 32.1. The Labute approximate surface area is 124 Å². The van der Waals surface area contributed by atoms with Crippen molar-refractivity contribution >= 4 is 23.3 Å². The summed E-state index contributed by atoms with van der Waals surface area (Å²) >= 11 is 5.41. The molecular weight excluding hydrogens is 272 g/mol. The third kappa shape index (κ3) is 3.56. The first-order valence-corrected chi connectivity index (χ1v) is 6.75. The highest BCUT2D eigenvalue weighted by Crippen LogP contribution is 2.17. The molecule has 0 bridgehead atoms. The summed E-state index contributed by atoms with van der Waals surface area (Å²) in [6.07, 6.45) is 1.81. The van der Waals surface area contributed by atoms with E-state index in [1.807, 2.05) is 35.2 Å². The van der Waals surface area contributed by atoms with Crippen LogP contribution >= 0.6 is 12.2 Å². The molecule has 0 aromatic heterocycles. The van der Waals surface area contributed by atoms with Gasteiger partial charge in [0.15, 0.2) is 0 Å². The Morgan fingerprint density at radius 1 is 1.35 bits per heavy atom. The Hall–Kier alpha value is -1.90. The number of morpholine rings is 1. The van der Waals surface area contributed by atoms with Gasteiger partial charge in [0.2, 0.25) is 5.70 Å². The maximum absolute atomic E-state index is 7.32. The molecule has 1 aromatic carbocycles. The number of nitrogens with zero attached hydrogens (tertiary/aromatic N) is 2. The van der Waals surface area contributed by atoms with Crippen LogP contribution in [0.15, 0.2) is 30.0 Å². The van der Waals surface area contributed by atoms with Gasteiger partial charge in [-0.25, -0.2) is 4.85 Å². The molecule has 1 fully saturated rings. The molecule has 0 unspecified atom stereocenters. The number of thiocarbonyl (C=S) groups is 1. The van der Waals surface area contributed by atoms with Crippen LogP contribution in [0.5, 0.6) is 5.75 Å². The van der Waals surface area contributed by atoms with Crippen LogP contribution in [-0.2, 0) is 4.74 Å². The molecule has 1 aliphatic rings. The normalized spacial score (nSPS) is 15.6. The number of hydrogen-bond acceptors (Lipinski definition) is 3. The maximum atomic E-state index is 7.32. The first-order valence-electron chi connectivity index (χ1n) is 6.35. The summed E-state index contributed by atoms with van der Waals surface area (Å²) < 4.78 is 10.4. The Balaban J connectivity index is 2.15. The molecule has 1 saturated heterocycles. The minimum atomic E-state index is 0.493. The minimum Gasteiger partial charge on any atom is -0.497 e. The molecule has 0 aliphatic carbocycles. The first-order chi connectivity index (χ1) is 9.74. The van der Waals surface area contributed by atoms with Crippen LogP contribution in [0.25, 0.3) is 10.9 Å². The van der Waals surface area contributed by atoms with Gasteiger partial charge in [-0.05, 0) is 23.8 Å². The van der Waals surface area contributed by atoms with E-state index in [0.29, 0.717) is 23.9 Å². The second kappa shape index (κ2) is 7.04. The zero-order valence-electron chi connectivity index (χ0n) is 11.3. The molecule has 1 aliphatic heterocycles. The van der Waals surface area contributed by atoms with Gasteiger partial charge in [-0.1, -0.05) is 24.4 Å². The lowest BCUT2D eigenvalue weighted by Gasteiger charge is -2.29. The predicted octanol–water partition coefficient (Wildman–Crippen LogP) is 2.61. The van der Waals surface area contributed by atoms with Crippen molar-refractivity contribution in [2.75, 3.05) is 33.4 Å². The van der Waals surface area contributed by atoms with Gasteiger partial charge < -0.3 is 14.4 Å². The SMILES string of the molecule is [C-]#[N+]C(=Cc1ccc(OC)cc1)C(=S)N1CCOCC1. The van der Waals surface area contributed by atoms with Crippen molar-refractivity contribution < 1.29 is 9.47 Å². The smallest absolute Gasteiger partial charge is 0.221 e. The first kappa shape index (κ1) is 14.5. The predicted molar refractivity (Wildman–Crippen MR) is 82.6 cm³/mol. The Bertz CT molecular complexity index is 540. The number of ether oxygens (including phenoxy) is 2. The summed E-state index contributed by atoms with van der Waals surface area (Å²) in [5.41, 5.74) is 1.43. The van der Waals surface area contributed by atoms with Crippen LogP contribution < -0.4 is 4.74 Å². The summed E-state index contributed by atoms with van der Waals surface area (Å²) in [4.78, 5) is 6.17. The summed E-state index contributed by atoms with van der Waals surface area (Å²) in [5, 5.41) is 0. The van der Waals surface area contributed by atoms with Crippen molar-refractivity contribution in [3.8, 4) is 5.75 Å². The molecule has 4 nitrogen and oxygen atoms in total.